The van der Waals surface area contributed by atoms with Crippen LogP contribution in [0.25, 0.3) is 0 Å². The van der Waals surface area contributed by atoms with E-state index in [1.54, 1.807) is 0 Å². The molecule has 0 aliphatic heterocycles. The van der Waals surface area contributed by atoms with E-state index < -0.39 is 0 Å². The third-order valence-electron chi connectivity index (χ3n) is 3.32. The molecule has 0 bridgehead atoms. The Morgan fingerprint density at radius 1 is 0.600 bits per heavy atom. The van der Waals surface area contributed by atoms with Crippen molar-refractivity contribution in [2.75, 3.05) is 0 Å². The van der Waals surface area contributed by atoms with Crippen molar-refractivity contribution in [3.05, 3.63) is 73.5 Å². The van der Waals surface area contributed by atoms with E-state index in [0.29, 0.717) is 10.5 Å². The average molecular weight is 298 g/mol. The quantitative estimate of drug-likeness (QED) is 0.730. The lowest BCUT2D eigenvalue weighted by atomic mass is 10.00. The molecule has 2 unspecified atom stereocenters. The SMILES string of the molecule is [CH]1CC(Sc2ccccc2)[CH]CC1Sc1ccccc1. The van der Waals surface area contributed by atoms with Gasteiger partial charge in [0.2, 0.25) is 0 Å². The summed E-state index contributed by atoms with van der Waals surface area (Å²) in [5.41, 5.74) is 0. The van der Waals surface area contributed by atoms with Crippen molar-refractivity contribution < 1.29 is 0 Å². The van der Waals surface area contributed by atoms with Crippen LogP contribution in [0.2, 0.25) is 0 Å². The molecule has 1 fully saturated rings. The number of rotatable bonds is 4. The maximum Gasteiger partial charge on any atom is 0.0129 e. The third kappa shape index (κ3) is 4.07. The van der Waals surface area contributed by atoms with Gasteiger partial charge in [-0.1, -0.05) is 36.4 Å². The Kier molecular flexibility index (Phi) is 5.10. The molecule has 1 aliphatic rings. The first-order valence-corrected chi connectivity index (χ1v) is 8.76. The zero-order chi connectivity index (χ0) is 13.6. The Bertz CT molecular complexity index is 452. The summed E-state index contributed by atoms with van der Waals surface area (Å²) in [6.07, 6.45) is 7.31. The highest BCUT2D eigenvalue weighted by molar-refractivity contribution is 8.00. The van der Waals surface area contributed by atoms with Gasteiger partial charge in [0.15, 0.2) is 0 Å². The molecule has 0 spiro atoms. The molecule has 2 atom stereocenters. The van der Waals surface area contributed by atoms with Gasteiger partial charge in [0.1, 0.15) is 0 Å². The zero-order valence-electron chi connectivity index (χ0n) is 11.3. The van der Waals surface area contributed by atoms with Gasteiger partial charge in [0.05, 0.1) is 0 Å². The van der Waals surface area contributed by atoms with Crippen molar-refractivity contribution in [2.24, 2.45) is 0 Å². The molecule has 2 heteroatoms. The van der Waals surface area contributed by atoms with Crippen molar-refractivity contribution >= 4 is 23.5 Å². The van der Waals surface area contributed by atoms with Gasteiger partial charge in [-0.05, 0) is 49.9 Å². The zero-order valence-corrected chi connectivity index (χ0v) is 12.9. The average Bonchev–Trinajstić information content (AvgIpc) is 2.51. The van der Waals surface area contributed by atoms with E-state index in [1.807, 2.05) is 23.5 Å². The predicted molar refractivity (Wildman–Crippen MR) is 90.0 cm³/mol. The van der Waals surface area contributed by atoms with Crippen molar-refractivity contribution in [3.63, 3.8) is 0 Å². The van der Waals surface area contributed by atoms with E-state index in [4.69, 9.17) is 0 Å². The third-order valence-corrected chi connectivity index (χ3v) is 5.79. The topological polar surface area (TPSA) is 0 Å². The lowest BCUT2D eigenvalue weighted by Crippen LogP contribution is -2.19. The minimum absolute atomic E-state index is 0.630. The smallest absolute Gasteiger partial charge is 0.0129 e. The van der Waals surface area contributed by atoms with E-state index in [-0.39, 0.29) is 0 Å². The maximum absolute atomic E-state index is 2.48. The molecule has 1 aliphatic carbocycles. The molecule has 2 aromatic rings. The van der Waals surface area contributed by atoms with Crippen LogP contribution in [0, 0.1) is 12.8 Å². The molecular formula is C18H18S2. The second kappa shape index (κ2) is 7.24. The first-order chi connectivity index (χ1) is 9.90. The lowest BCUT2D eigenvalue weighted by molar-refractivity contribution is 0.738. The van der Waals surface area contributed by atoms with Crippen molar-refractivity contribution in [3.8, 4) is 0 Å². The summed E-state index contributed by atoms with van der Waals surface area (Å²) in [6, 6.07) is 21.4. The fourth-order valence-corrected chi connectivity index (χ4v) is 4.46. The van der Waals surface area contributed by atoms with Crippen LogP contribution in [0.15, 0.2) is 70.5 Å². The fourth-order valence-electron chi connectivity index (χ4n) is 2.30. The number of benzene rings is 2. The first kappa shape index (κ1) is 14.1. The van der Waals surface area contributed by atoms with E-state index in [9.17, 15) is 0 Å². The van der Waals surface area contributed by atoms with Gasteiger partial charge < -0.3 is 0 Å². The van der Waals surface area contributed by atoms with Crippen molar-refractivity contribution in [2.45, 2.75) is 33.1 Å². The standard InChI is InChI=1S/C18H18S2/c1-3-7-15(8-4-1)19-17-11-13-18(14-12-17)20-16-9-5-2-6-10-16/h1-11,14,17-18H,12-13H2. The molecule has 0 nitrogen and oxygen atoms in total. The van der Waals surface area contributed by atoms with Crippen molar-refractivity contribution in [1.29, 1.82) is 0 Å². The molecule has 3 rings (SSSR count). The van der Waals surface area contributed by atoms with Crippen LogP contribution in [0.5, 0.6) is 0 Å². The minimum Gasteiger partial charge on any atom is -0.122 e. The summed E-state index contributed by atoms with van der Waals surface area (Å²) < 4.78 is 0. The Balaban J connectivity index is 1.47. The summed E-state index contributed by atoms with van der Waals surface area (Å²) in [5.74, 6) is 0. The molecule has 1 saturated carbocycles. The highest BCUT2D eigenvalue weighted by Gasteiger charge is 2.23. The molecule has 2 aromatic carbocycles. The monoisotopic (exact) mass is 298 g/mol. The largest absolute Gasteiger partial charge is 0.122 e. The highest BCUT2D eigenvalue weighted by atomic mass is 32.2. The van der Waals surface area contributed by atoms with Crippen molar-refractivity contribution in [1.82, 2.24) is 0 Å². The van der Waals surface area contributed by atoms with Crippen LogP contribution in [-0.2, 0) is 0 Å². The Labute approximate surface area is 130 Å². The van der Waals surface area contributed by atoms with Crippen LogP contribution < -0.4 is 0 Å². The van der Waals surface area contributed by atoms with Gasteiger partial charge in [-0.25, -0.2) is 0 Å². The highest BCUT2D eigenvalue weighted by Crippen LogP contribution is 2.38. The normalized spacial score (nSPS) is 22.6. The molecule has 0 amide bonds. The maximum atomic E-state index is 2.48. The van der Waals surface area contributed by atoms with E-state index in [2.05, 4.69) is 73.5 Å². The van der Waals surface area contributed by atoms with Crippen LogP contribution in [0.1, 0.15) is 12.8 Å². The van der Waals surface area contributed by atoms with Gasteiger partial charge in [0.25, 0.3) is 0 Å². The minimum atomic E-state index is 0.630. The van der Waals surface area contributed by atoms with E-state index in [1.165, 1.54) is 22.6 Å². The molecular weight excluding hydrogens is 280 g/mol. The summed E-state index contributed by atoms with van der Waals surface area (Å²) >= 11 is 3.95. The summed E-state index contributed by atoms with van der Waals surface area (Å²) in [6.45, 7) is 0. The van der Waals surface area contributed by atoms with Crippen LogP contribution in [0.3, 0.4) is 0 Å². The van der Waals surface area contributed by atoms with E-state index in [0.717, 1.165) is 0 Å². The molecule has 0 aromatic heterocycles. The Morgan fingerprint density at radius 3 is 1.35 bits per heavy atom. The summed E-state index contributed by atoms with van der Waals surface area (Å²) in [4.78, 5) is 2.74. The van der Waals surface area contributed by atoms with Gasteiger partial charge in [-0.15, -0.1) is 23.5 Å². The number of thioether (sulfide) groups is 2. The summed E-state index contributed by atoms with van der Waals surface area (Å²) in [5, 5.41) is 1.26. The van der Waals surface area contributed by atoms with Crippen LogP contribution in [0.4, 0.5) is 0 Å². The molecule has 0 N–H and O–H groups in total. The molecule has 2 radical (unpaired) electrons. The molecule has 0 saturated heterocycles. The van der Waals surface area contributed by atoms with Gasteiger partial charge in [-0.3, -0.25) is 0 Å². The summed E-state index contributed by atoms with van der Waals surface area (Å²) in [7, 11) is 0. The molecule has 0 heterocycles. The van der Waals surface area contributed by atoms with Crippen LogP contribution in [-0.4, -0.2) is 10.5 Å². The van der Waals surface area contributed by atoms with Gasteiger partial charge >= 0.3 is 0 Å². The predicted octanol–water partition coefficient (Wildman–Crippen LogP) is 5.51. The van der Waals surface area contributed by atoms with E-state index >= 15 is 0 Å². The number of hydrogen-bond donors (Lipinski definition) is 0. The Hall–Kier alpha value is -0.860. The second-order valence-corrected chi connectivity index (χ2v) is 7.51. The van der Waals surface area contributed by atoms with Gasteiger partial charge in [0, 0.05) is 20.3 Å². The molecule has 20 heavy (non-hydrogen) atoms. The Morgan fingerprint density at radius 2 is 1.00 bits per heavy atom. The number of hydrogen-bond acceptors (Lipinski definition) is 2. The second-order valence-electron chi connectivity index (χ2n) is 4.88. The van der Waals surface area contributed by atoms with Crippen LogP contribution >= 0.6 is 23.5 Å². The molecule has 102 valence electrons. The fraction of sp³-hybridized carbons (Fsp3) is 0.222. The lowest BCUT2D eigenvalue weighted by Gasteiger charge is -2.27. The first-order valence-electron chi connectivity index (χ1n) is 7.00. The van der Waals surface area contributed by atoms with Gasteiger partial charge in [-0.2, -0.15) is 0 Å².